The van der Waals surface area contributed by atoms with Crippen LogP contribution in [0.5, 0.6) is 0 Å². The molecule has 1 aliphatic heterocycles. The van der Waals surface area contributed by atoms with Gasteiger partial charge in [-0.05, 0) is 6.42 Å². The van der Waals surface area contributed by atoms with Crippen LogP contribution >= 0.6 is 11.6 Å². The van der Waals surface area contributed by atoms with Crippen molar-refractivity contribution in [3.8, 4) is 6.07 Å². The number of carbonyl (C=O) groups is 1. The van der Waals surface area contributed by atoms with Gasteiger partial charge in [-0.25, -0.2) is 0 Å². The third kappa shape index (κ3) is 3.17. The molecule has 5 heteroatoms. The number of nitriles is 1. The first-order chi connectivity index (χ1) is 6.77. The smallest absolute Gasteiger partial charge is 0.222 e. The summed E-state index contributed by atoms with van der Waals surface area (Å²) in [6.45, 7) is 1.42. The summed E-state index contributed by atoms with van der Waals surface area (Å²) < 4.78 is 5.13. The molecular formula is C9H13ClN2O2. The van der Waals surface area contributed by atoms with Crippen LogP contribution in [0.3, 0.4) is 0 Å². The van der Waals surface area contributed by atoms with E-state index < -0.39 is 6.10 Å². The lowest BCUT2D eigenvalue weighted by molar-refractivity contribution is -0.137. The van der Waals surface area contributed by atoms with Gasteiger partial charge in [0.2, 0.25) is 5.91 Å². The molecule has 1 heterocycles. The third-order valence-corrected chi connectivity index (χ3v) is 2.35. The van der Waals surface area contributed by atoms with Gasteiger partial charge in [-0.2, -0.15) is 5.26 Å². The highest BCUT2D eigenvalue weighted by molar-refractivity contribution is 6.17. The Labute approximate surface area is 88.4 Å². The zero-order chi connectivity index (χ0) is 10.4. The normalized spacial score (nSPS) is 21.7. The second-order valence-corrected chi connectivity index (χ2v) is 3.50. The summed E-state index contributed by atoms with van der Waals surface area (Å²) in [5, 5.41) is 8.63. The summed E-state index contributed by atoms with van der Waals surface area (Å²) in [5.41, 5.74) is 0. The van der Waals surface area contributed by atoms with Gasteiger partial charge in [0.15, 0.2) is 6.10 Å². The van der Waals surface area contributed by atoms with Gasteiger partial charge in [-0.1, -0.05) is 0 Å². The first-order valence-electron chi connectivity index (χ1n) is 4.63. The molecule has 1 atom stereocenters. The van der Waals surface area contributed by atoms with E-state index in [-0.39, 0.29) is 5.91 Å². The summed E-state index contributed by atoms with van der Waals surface area (Å²) in [6, 6.07) is 2.00. The zero-order valence-electron chi connectivity index (χ0n) is 7.91. The number of ether oxygens (including phenoxy) is 1. The van der Waals surface area contributed by atoms with E-state index in [2.05, 4.69) is 0 Å². The van der Waals surface area contributed by atoms with Crippen LogP contribution in [0.25, 0.3) is 0 Å². The van der Waals surface area contributed by atoms with Crippen LogP contribution in [0.1, 0.15) is 12.8 Å². The molecule has 0 saturated carbocycles. The lowest BCUT2D eigenvalue weighted by atomic mass is 10.2. The number of hydrogen-bond donors (Lipinski definition) is 0. The van der Waals surface area contributed by atoms with Crippen molar-refractivity contribution in [1.82, 2.24) is 4.90 Å². The highest BCUT2D eigenvalue weighted by Gasteiger charge is 2.23. The van der Waals surface area contributed by atoms with Gasteiger partial charge in [0.1, 0.15) is 0 Å². The Hall–Kier alpha value is -0.790. The standard InChI is InChI=1S/C9H13ClN2O2/c10-3-1-2-9(13)12-4-5-14-8(6-11)7-12/h8H,1-5,7H2. The first-order valence-corrected chi connectivity index (χ1v) is 5.16. The van der Waals surface area contributed by atoms with E-state index in [1.165, 1.54) is 0 Å². The molecule has 78 valence electrons. The first kappa shape index (κ1) is 11.3. The quantitative estimate of drug-likeness (QED) is 0.655. The molecule has 14 heavy (non-hydrogen) atoms. The molecule has 1 fully saturated rings. The van der Waals surface area contributed by atoms with Crippen LogP contribution < -0.4 is 0 Å². The largest absolute Gasteiger partial charge is 0.360 e. The predicted octanol–water partition coefficient (Wildman–Crippen LogP) is 0.756. The van der Waals surface area contributed by atoms with Crippen molar-refractivity contribution in [2.75, 3.05) is 25.6 Å². The topological polar surface area (TPSA) is 53.3 Å². The maximum Gasteiger partial charge on any atom is 0.222 e. The van der Waals surface area contributed by atoms with Crippen molar-refractivity contribution in [3.63, 3.8) is 0 Å². The Kier molecular flexibility index (Phi) is 4.71. The van der Waals surface area contributed by atoms with Crippen LogP contribution in [0.4, 0.5) is 0 Å². The molecule has 1 saturated heterocycles. The number of nitrogens with zero attached hydrogens (tertiary/aromatic N) is 2. The van der Waals surface area contributed by atoms with E-state index in [4.69, 9.17) is 21.6 Å². The SMILES string of the molecule is N#CC1CN(C(=O)CCCCl)CCO1. The number of rotatable bonds is 3. The molecule has 1 unspecified atom stereocenters. The highest BCUT2D eigenvalue weighted by atomic mass is 35.5. The van der Waals surface area contributed by atoms with Crippen LogP contribution in [0, 0.1) is 11.3 Å². The molecule has 0 N–H and O–H groups in total. The zero-order valence-corrected chi connectivity index (χ0v) is 8.66. The molecule has 1 rings (SSSR count). The maximum absolute atomic E-state index is 11.5. The summed E-state index contributed by atoms with van der Waals surface area (Å²) in [7, 11) is 0. The molecule has 0 aliphatic carbocycles. The molecule has 0 bridgehead atoms. The van der Waals surface area contributed by atoms with Gasteiger partial charge in [0.05, 0.1) is 19.2 Å². The fourth-order valence-corrected chi connectivity index (χ4v) is 1.46. The highest BCUT2D eigenvalue weighted by Crippen LogP contribution is 2.07. The second-order valence-electron chi connectivity index (χ2n) is 3.12. The fraction of sp³-hybridized carbons (Fsp3) is 0.778. The molecule has 0 spiro atoms. The maximum atomic E-state index is 11.5. The number of morpholine rings is 1. The van der Waals surface area contributed by atoms with Crippen LogP contribution in [0.15, 0.2) is 0 Å². The van der Waals surface area contributed by atoms with E-state index in [1.807, 2.05) is 6.07 Å². The van der Waals surface area contributed by atoms with Crippen molar-refractivity contribution in [1.29, 1.82) is 5.26 Å². The molecule has 1 amide bonds. The van der Waals surface area contributed by atoms with Gasteiger partial charge >= 0.3 is 0 Å². The van der Waals surface area contributed by atoms with Crippen molar-refractivity contribution >= 4 is 17.5 Å². The molecule has 0 radical (unpaired) electrons. The lowest BCUT2D eigenvalue weighted by Crippen LogP contribution is -2.45. The summed E-state index contributed by atoms with van der Waals surface area (Å²) in [4.78, 5) is 13.2. The number of halogens is 1. The minimum Gasteiger partial charge on any atom is -0.360 e. The summed E-state index contributed by atoms with van der Waals surface area (Å²) >= 11 is 5.49. The van der Waals surface area contributed by atoms with Crippen molar-refractivity contribution in [2.24, 2.45) is 0 Å². The van der Waals surface area contributed by atoms with E-state index in [0.29, 0.717) is 38.4 Å². The minimum atomic E-state index is -0.469. The lowest BCUT2D eigenvalue weighted by Gasteiger charge is -2.29. The van der Waals surface area contributed by atoms with E-state index in [9.17, 15) is 4.79 Å². The average Bonchev–Trinajstić information content (AvgIpc) is 2.26. The Bertz CT molecular complexity index is 239. The Morgan fingerprint density at radius 1 is 1.71 bits per heavy atom. The van der Waals surface area contributed by atoms with Gasteiger partial charge in [-0.3, -0.25) is 4.79 Å². The molecule has 0 aromatic heterocycles. The van der Waals surface area contributed by atoms with Gasteiger partial charge in [0, 0.05) is 18.8 Å². The third-order valence-electron chi connectivity index (χ3n) is 2.09. The summed E-state index contributed by atoms with van der Waals surface area (Å²) in [6.07, 6.45) is 0.681. The minimum absolute atomic E-state index is 0.0641. The number of hydrogen-bond acceptors (Lipinski definition) is 3. The van der Waals surface area contributed by atoms with Crippen LogP contribution in [-0.2, 0) is 9.53 Å². The Balaban J connectivity index is 2.36. The van der Waals surface area contributed by atoms with Gasteiger partial charge < -0.3 is 9.64 Å². The Morgan fingerprint density at radius 2 is 2.50 bits per heavy atom. The molecule has 0 aromatic rings. The molecular weight excluding hydrogens is 204 g/mol. The van der Waals surface area contributed by atoms with Crippen LogP contribution in [0.2, 0.25) is 0 Å². The van der Waals surface area contributed by atoms with Crippen molar-refractivity contribution in [2.45, 2.75) is 18.9 Å². The van der Waals surface area contributed by atoms with Crippen LogP contribution in [-0.4, -0.2) is 42.5 Å². The number of alkyl halides is 1. The number of amides is 1. The van der Waals surface area contributed by atoms with Gasteiger partial charge in [0.25, 0.3) is 0 Å². The average molecular weight is 217 g/mol. The monoisotopic (exact) mass is 216 g/mol. The molecule has 1 aliphatic rings. The van der Waals surface area contributed by atoms with Crippen molar-refractivity contribution in [3.05, 3.63) is 0 Å². The fourth-order valence-electron chi connectivity index (χ4n) is 1.33. The van der Waals surface area contributed by atoms with Gasteiger partial charge in [-0.15, -0.1) is 11.6 Å². The number of carbonyl (C=O) groups excluding carboxylic acids is 1. The molecule has 4 nitrogen and oxygen atoms in total. The summed E-state index contributed by atoms with van der Waals surface area (Å²) in [5.74, 6) is 0.562. The predicted molar refractivity (Wildman–Crippen MR) is 51.9 cm³/mol. The van der Waals surface area contributed by atoms with E-state index >= 15 is 0 Å². The van der Waals surface area contributed by atoms with E-state index in [1.54, 1.807) is 4.90 Å². The van der Waals surface area contributed by atoms with Crippen molar-refractivity contribution < 1.29 is 9.53 Å². The molecule has 0 aromatic carbocycles. The van der Waals surface area contributed by atoms with E-state index in [0.717, 1.165) is 0 Å². The second kappa shape index (κ2) is 5.84. The Morgan fingerprint density at radius 3 is 3.14 bits per heavy atom.